The zero-order chi connectivity index (χ0) is 20.5. The first-order valence-electron chi connectivity index (χ1n) is 8.75. The number of aliphatic hydroxyl groups is 1. The summed E-state index contributed by atoms with van der Waals surface area (Å²) in [5, 5.41) is 9.01. The fourth-order valence-corrected chi connectivity index (χ4v) is 3.17. The highest BCUT2D eigenvalue weighted by Gasteiger charge is 2.35. The van der Waals surface area contributed by atoms with E-state index in [1.54, 1.807) is 19.2 Å². The Morgan fingerprint density at radius 3 is 2.71 bits per heavy atom. The van der Waals surface area contributed by atoms with E-state index in [9.17, 15) is 18.0 Å². The summed E-state index contributed by atoms with van der Waals surface area (Å²) in [5.74, 6) is -0.456. The standard InChI is InChI=1S/C19H19F3N2O3S/c1-24(10-16(26)27-8-7-25)18(28)13-9-15(11-5-6-11)23-17-12(13)3-2-4-14(17)19(20,21)22/h2-4,9,11,25H,5-8,10H2,1H3. The van der Waals surface area contributed by atoms with Crippen molar-refractivity contribution in [3.05, 3.63) is 41.1 Å². The number of hydrogen-bond donors (Lipinski definition) is 1. The van der Waals surface area contributed by atoms with Gasteiger partial charge in [0.1, 0.15) is 18.1 Å². The molecule has 1 N–H and O–H groups in total. The Balaban J connectivity index is 2.02. The van der Waals surface area contributed by atoms with Gasteiger partial charge in [0.05, 0.1) is 17.7 Å². The van der Waals surface area contributed by atoms with Crippen molar-refractivity contribution in [2.45, 2.75) is 24.9 Å². The lowest BCUT2D eigenvalue weighted by molar-refractivity contribution is -0.144. The highest BCUT2D eigenvalue weighted by Crippen LogP contribution is 2.42. The molecule has 1 aliphatic rings. The van der Waals surface area contributed by atoms with E-state index in [1.165, 1.54) is 11.0 Å². The number of para-hydroxylation sites is 1. The number of esters is 1. The number of halogens is 3. The fourth-order valence-electron chi connectivity index (χ4n) is 2.94. The number of hydrogen-bond acceptors (Lipinski definition) is 5. The molecule has 0 radical (unpaired) electrons. The maximum absolute atomic E-state index is 13.5. The summed E-state index contributed by atoms with van der Waals surface area (Å²) < 4.78 is 45.3. The van der Waals surface area contributed by atoms with Gasteiger partial charge in [0.2, 0.25) is 0 Å². The van der Waals surface area contributed by atoms with Crippen LogP contribution in [0, 0.1) is 0 Å². The largest absolute Gasteiger partial charge is 0.462 e. The number of ether oxygens (including phenoxy) is 1. The van der Waals surface area contributed by atoms with Crippen molar-refractivity contribution in [3.63, 3.8) is 0 Å². The average molecular weight is 412 g/mol. The highest BCUT2D eigenvalue weighted by molar-refractivity contribution is 7.80. The van der Waals surface area contributed by atoms with Crippen molar-refractivity contribution in [2.24, 2.45) is 0 Å². The lowest BCUT2D eigenvalue weighted by atomic mass is 10.0. The Morgan fingerprint density at radius 1 is 1.39 bits per heavy atom. The Labute approximate surface area is 165 Å². The van der Waals surface area contributed by atoms with Crippen LogP contribution in [-0.4, -0.2) is 52.8 Å². The lowest BCUT2D eigenvalue weighted by Crippen LogP contribution is -2.33. The van der Waals surface area contributed by atoms with Crippen LogP contribution in [0.5, 0.6) is 0 Å². The molecule has 0 unspecified atom stereocenters. The number of likely N-dealkylation sites (N-methyl/N-ethyl adjacent to an activating group) is 1. The molecule has 0 atom stereocenters. The van der Waals surface area contributed by atoms with Gasteiger partial charge in [-0.25, -0.2) is 0 Å². The Kier molecular flexibility index (Phi) is 5.85. The van der Waals surface area contributed by atoms with Crippen LogP contribution in [0.1, 0.15) is 35.6 Å². The summed E-state index contributed by atoms with van der Waals surface area (Å²) in [4.78, 5) is 17.8. The van der Waals surface area contributed by atoms with Gasteiger partial charge in [0.25, 0.3) is 0 Å². The van der Waals surface area contributed by atoms with Crippen molar-refractivity contribution in [3.8, 4) is 0 Å². The van der Waals surface area contributed by atoms with E-state index in [0.717, 1.165) is 18.9 Å². The third-order valence-electron chi connectivity index (χ3n) is 4.46. The van der Waals surface area contributed by atoms with Gasteiger partial charge in [-0.2, -0.15) is 13.2 Å². The number of aliphatic hydroxyl groups excluding tert-OH is 1. The first kappa shape index (κ1) is 20.5. The molecule has 0 spiro atoms. The molecule has 1 aromatic heterocycles. The van der Waals surface area contributed by atoms with Gasteiger partial charge < -0.3 is 14.7 Å². The van der Waals surface area contributed by atoms with E-state index in [4.69, 9.17) is 22.1 Å². The minimum atomic E-state index is -4.53. The molecule has 5 nitrogen and oxygen atoms in total. The maximum Gasteiger partial charge on any atom is 0.418 e. The first-order chi connectivity index (χ1) is 13.2. The third-order valence-corrected chi connectivity index (χ3v) is 4.99. The zero-order valence-corrected chi connectivity index (χ0v) is 15.9. The molecule has 2 aromatic rings. The minimum absolute atomic E-state index is 0.127. The summed E-state index contributed by atoms with van der Waals surface area (Å²) in [6, 6.07) is 5.60. The summed E-state index contributed by atoms with van der Waals surface area (Å²) >= 11 is 5.46. The van der Waals surface area contributed by atoms with E-state index < -0.39 is 17.7 Å². The number of fused-ring (bicyclic) bond motifs is 1. The monoisotopic (exact) mass is 412 g/mol. The molecule has 1 aliphatic carbocycles. The van der Waals surface area contributed by atoms with E-state index >= 15 is 0 Å². The van der Waals surface area contributed by atoms with Crippen LogP contribution in [0.25, 0.3) is 10.9 Å². The van der Waals surface area contributed by atoms with Crippen molar-refractivity contribution in [1.29, 1.82) is 0 Å². The number of rotatable bonds is 6. The molecule has 1 aromatic carbocycles. The van der Waals surface area contributed by atoms with E-state index in [2.05, 4.69) is 4.98 Å². The van der Waals surface area contributed by atoms with Crippen molar-refractivity contribution in [2.75, 3.05) is 26.8 Å². The van der Waals surface area contributed by atoms with E-state index in [0.29, 0.717) is 16.6 Å². The molecule has 0 amide bonds. The van der Waals surface area contributed by atoms with E-state index in [1.807, 2.05) is 0 Å². The van der Waals surface area contributed by atoms with Gasteiger partial charge in [0.15, 0.2) is 0 Å². The molecule has 1 heterocycles. The Bertz CT molecular complexity index is 913. The predicted molar refractivity (Wildman–Crippen MR) is 101 cm³/mol. The second kappa shape index (κ2) is 8.00. The minimum Gasteiger partial charge on any atom is -0.462 e. The van der Waals surface area contributed by atoms with Crippen LogP contribution in [0.2, 0.25) is 0 Å². The number of nitrogens with zero attached hydrogens (tertiary/aromatic N) is 2. The second-order valence-corrected chi connectivity index (χ2v) is 7.06. The summed E-state index contributed by atoms with van der Waals surface area (Å²) in [6.45, 7) is -0.599. The quantitative estimate of drug-likeness (QED) is 0.581. The number of aromatic nitrogens is 1. The molecule has 0 aliphatic heterocycles. The molecule has 150 valence electrons. The van der Waals surface area contributed by atoms with Crippen LogP contribution < -0.4 is 0 Å². The number of benzene rings is 1. The van der Waals surface area contributed by atoms with Gasteiger partial charge in [-0.1, -0.05) is 24.4 Å². The molecule has 0 saturated heterocycles. The molecule has 1 fully saturated rings. The number of alkyl halides is 3. The van der Waals surface area contributed by atoms with Gasteiger partial charge in [0, 0.05) is 29.6 Å². The molecule has 1 saturated carbocycles. The Morgan fingerprint density at radius 2 is 2.11 bits per heavy atom. The predicted octanol–water partition coefficient (Wildman–Crippen LogP) is 3.27. The number of thiocarbonyl (C=S) groups is 1. The fraction of sp³-hybridized carbons (Fsp3) is 0.421. The second-order valence-electron chi connectivity index (χ2n) is 6.67. The van der Waals surface area contributed by atoms with Gasteiger partial charge in [-0.3, -0.25) is 9.78 Å². The average Bonchev–Trinajstić information content (AvgIpc) is 3.48. The zero-order valence-electron chi connectivity index (χ0n) is 15.1. The van der Waals surface area contributed by atoms with Crippen molar-refractivity contribution < 1.29 is 27.8 Å². The van der Waals surface area contributed by atoms with Crippen LogP contribution in [0.4, 0.5) is 13.2 Å². The van der Waals surface area contributed by atoms with Crippen LogP contribution in [0.15, 0.2) is 24.3 Å². The lowest BCUT2D eigenvalue weighted by Gasteiger charge is -2.21. The van der Waals surface area contributed by atoms with Gasteiger partial charge >= 0.3 is 12.1 Å². The van der Waals surface area contributed by atoms with Gasteiger partial charge in [-0.05, 0) is 25.0 Å². The van der Waals surface area contributed by atoms with Crippen molar-refractivity contribution >= 4 is 34.1 Å². The molecule has 28 heavy (non-hydrogen) atoms. The van der Waals surface area contributed by atoms with Crippen LogP contribution >= 0.6 is 12.2 Å². The summed E-state index contributed by atoms with van der Waals surface area (Å²) in [7, 11) is 1.57. The molecule has 0 bridgehead atoms. The highest BCUT2D eigenvalue weighted by atomic mass is 32.1. The normalized spacial score (nSPS) is 14.2. The Hall–Kier alpha value is -2.26. The number of carbonyl (C=O) groups excluding carboxylic acids is 1. The SMILES string of the molecule is CN(CC(=O)OCCO)C(=S)c1cc(C2CC2)nc2c(C(F)(F)F)cccc12. The number of pyridine rings is 1. The summed E-state index contributed by atoms with van der Waals surface area (Å²) in [5.41, 5.74) is 0.0813. The van der Waals surface area contributed by atoms with E-state index in [-0.39, 0.29) is 36.2 Å². The van der Waals surface area contributed by atoms with Crippen LogP contribution in [0.3, 0.4) is 0 Å². The smallest absolute Gasteiger partial charge is 0.418 e. The van der Waals surface area contributed by atoms with Crippen LogP contribution in [-0.2, 0) is 15.7 Å². The first-order valence-corrected chi connectivity index (χ1v) is 9.16. The molecular formula is C19H19F3N2O3S. The van der Waals surface area contributed by atoms with Gasteiger partial charge in [-0.15, -0.1) is 0 Å². The molecular weight excluding hydrogens is 393 g/mol. The molecule has 9 heteroatoms. The third kappa shape index (κ3) is 4.41. The molecule has 3 rings (SSSR count). The maximum atomic E-state index is 13.5. The topological polar surface area (TPSA) is 62.7 Å². The summed E-state index contributed by atoms with van der Waals surface area (Å²) in [6.07, 6.45) is -2.78. The van der Waals surface area contributed by atoms with Crippen molar-refractivity contribution in [1.82, 2.24) is 9.88 Å². The number of carbonyl (C=O) groups is 1.